The first kappa shape index (κ1) is 53.8. The highest BCUT2D eigenvalue weighted by Gasteiger charge is 2.38. The Morgan fingerprint density at radius 1 is 0.662 bits per heavy atom. The summed E-state index contributed by atoms with van der Waals surface area (Å²) < 4.78 is 54.3. The number of esters is 6. The number of ether oxygens (including phenoxy) is 7. The fraction of sp³-hybridized carbons (Fsp3) is 0.569. The van der Waals surface area contributed by atoms with Gasteiger partial charge in [-0.1, -0.05) is 64.8 Å². The maximum absolute atomic E-state index is 16.4. The van der Waals surface area contributed by atoms with Gasteiger partial charge in [0.25, 0.3) is 0 Å². The van der Waals surface area contributed by atoms with Crippen LogP contribution in [0.2, 0.25) is 0 Å². The Balaban J connectivity index is 2.04. The SMILES string of the molecule is C=C(C)C(=O)OCCCc1cc(-c2ccc(C3CCC(CCCCC)CC3)cc2F)c(CC)cc1OCC(COC(=O)CCC(=O)OC)(COC(=O)CCC(=O)OC)COC(=O)C(=C)C. The summed E-state index contributed by atoms with van der Waals surface area (Å²) >= 11 is 0. The number of carbonyl (C=O) groups is 6. The second kappa shape index (κ2) is 27.7. The van der Waals surface area contributed by atoms with Gasteiger partial charge in [-0.15, -0.1) is 0 Å². The largest absolute Gasteiger partial charge is 0.492 e. The van der Waals surface area contributed by atoms with Crippen LogP contribution >= 0.6 is 0 Å². The van der Waals surface area contributed by atoms with E-state index in [1.54, 1.807) is 19.1 Å². The van der Waals surface area contributed by atoms with Crippen molar-refractivity contribution in [2.75, 3.05) is 47.3 Å². The summed E-state index contributed by atoms with van der Waals surface area (Å²) in [6, 6.07) is 9.19. The standard InChI is InChI=1S/C51H69FO13/c1-9-11-12-14-36-16-18-38(19-17-36)39-20-21-41(43(52)28-39)42-27-40(15-13-26-61-49(57)34(3)4)44(29-37(42)10-2)62-30-51(33-65-50(58)35(5)6,31-63-47(55)24-22-45(53)59-7)32-64-48(56)25-23-46(54)60-8/h20-21,27-29,36,38H,3,5,9-19,22-26,30-33H2,1-2,4,6-8H3. The Morgan fingerprint density at radius 2 is 1.23 bits per heavy atom. The third-order valence-corrected chi connectivity index (χ3v) is 11.6. The molecule has 0 heterocycles. The van der Waals surface area contributed by atoms with E-state index in [2.05, 4.69) is 29.6 Å². The first-order chi connectivity index (χ1) is 31.0. The second-order valence-electron chi connectivity index (χ2n) is 17.1. The van der Waals surface area contributed by atoms with Gasteiger partial charge in [0, 0.05) is 16.7 Å². The smallest absolute Gasteiger partial charge is 0.333 e. The molecule has 1 fully saturated rings. The molecule has 0 atom stereocenters. The van der Waals surface area contributed by atoms with Crippen LogP contribution in [0.5, 0.6) is 5.75 Å². The summed E-state index contributed by atoms with van der Waals surface area (Å²) in [4.78, 5) is 74.3. The molecule has 2 aromatic carbocycles. The average molecular weight is 909 g/mol. The third-order valence-electron chi connectivity index (χ3n) is 11.6. The lowest BCUT2D eigenvalue weighted by Gasteiger charge is -2.32. The lowest BCUT2D eigenvalue weighted by atomic mass is 9.76. The summed E-state index contributed by atoms with van der Waals surface area (Å²) in [5.41, 5.74) is 2.28. The molecule has 358 valence electrons. The molecular formula is C51H69FO13. The van der Waals surface area contributed by atoms with E-state index in [0.29, 0.717) is 47.6 Å². The Bertz CT molecular complexity index is 1930. The summed E-state index contributed by atoms with van der Waals surface area (Å²) in [5, 5.41) is 0. The molecule has 1 aliphatic rings. The molecule has 14 heteroatoms. The number of halogens is 1. The van der Waals surface area contributed by atoms with E-state index in [1.807, 2.05) is 25.1 Å². The topological polar surface area (TPSA) is 167 Å². The van der Waals surface area contributed by atoms with Crippen LogP contribution in [-0.4, -0.2) is 83.1 Å². The lowest BCUT2D eigenvalue weighted by molar-refractivity contribution is -0.165. The molecule has 13 nitrogen and oxygen atoms in total. The number of unbranched alkanes of at least 4 members (excludes halogenated alkanes) is 2. The van der Waals surface area contributed by atoms with E-state index in [0.717, 1.165) is 42.7 Å². The van der Waals surface area contributed by atoms with Crippen molar-refractivity contribution in [2.45, 2.75) is 130 Å². The van der Waals surface area contributed by atoms with Crippen LogP contribution in [0, 0.1) is 17.2 Å². The summed E-state index contributed by atoms with van der Waals surface area (Å²) in [7, 11) is 2.38. The van der Waals surface area contributed by atoms with Gasteiger partial charge >= 0.3 is 35.8 Å². The Labute approximate surface area is 383 Å². The number of aryl methyl sites for hydroxylation is 2. The highest BCUT2D eigenvalue weighted by atomic mass is 19.1. The molecule has 0 saturated heterocycles. The van der Waals surface area contributed by atoms with Crippen molar-refractivity contribution in [3.8, 4) is 16.9 Å². The summed E-state index contributed by atoms with van der Waals surface area (Å²) in [6.07, 6.45) is 9.36. The molecule has 1 aliphatic carbocycles. The highest BCUT2D eigenvalue weighted by molar-refractivity contribution is 5.87. The summed E-state index contributed by atoms with van der Waals surface area (Å²) in [5.74, 6) is -3.08. The first-order valence-corrected chi connectivity index (χ1v) is 22.7. The van der Waals surface area contributed by atoms with Gasteiger partial charge < -0.3 is 33.2 Å². The number of carbonyl (C=O) groups excluding carboxylic acids is 6. The second-order valence-corrected chi connectivity index (χ2v) is 17.1. The quantitative estimate of drug-likeness (QED) is 0.0343. The fourth-order valence-electron chi connectivity index (χ4n) is 7.61. The van der Waals surface area contributed by atoms with Crippen LogP contribution in [0.4, 0.5) is 4.39 Å². The molecule has 0 aliphatic heterocycles. The predicted octanol–water partition coefficient (Wildman–Crippen LogP) is 9.44. The van der Waals surface area contributed by atoms with Crippen LogP contribution in [0.25, 0.3) is 11.1 Å². The van der Waals surface area contributed by atoms with E-state index in [4.69, 9.17) is 23.7 Å². The predicted molar refractivity (Wildman–Crippen MR) is 242 cm³/mol. The number of hydrogen-bond donors (Lipinski definition) is 0. The molecule has 0 bridgehead atoms. The number of rotatable bonds is 28. The van der Waals surface area contributed by atoms with Crippen molar-refractivity contribution in [1.29, 1.82) is 0 Å². The molecule has 0 N–H and O–H groups in total. The average Bonchev–Trinajstić information content (AvgIpc) is 3.30. The van der Waals surface area contributed by atoms with Crippen molar-refractivity contribution in [2.24, 2.45) is 11.3 Å². The maximum Gasteiger partial charge on any atom is 0.333 e. The first-order valence-electron chi connectivity index (χ1n) is 22.7. The van der Waals surface area contributed by atoms with Gasteiger partial charge in [-0.05, 0) is 111 Å². The van der Waals surface area contributed by atoms with E-state index >= 15 is 4.39 Å². The van der Waals surface area contributed by atoms with Gasteiger partial charge in [0.05, 0.1) is 46.5 Å². The Hall–Kier alpha value is -5.53. The minimum absolute atomic E-state index is 0.0593. The van der Waals surface area contributed by atoms with Gasteiger partial charge in [-0.3, -0.25) is 19.2 Å². The minimum Gasteiger partial charge on any atom is -0.492 e. The van der Waals surface area contributed by atoms with Crippen molar-refractivity contribution >= 4 is 35.8 Å². The van der Waals surface area contributed by atoms with Crippen molar-refractivity contribution in [1.82, 2.24) is 0 Å². The zero-order chi connectivity index (χ0) is 47.9. The van der Waals surface area contributed by atoms with E-state index in [9.17, 15) is 28.8 Å². The van der Waals surface area contributed by atoms with Gasteiger partial charge in [-0.2, -0.15) is 0 Å². The van der Waals surface area contributed by atoms with E-state index in [1.165, 1.54) is 46.8 Å². The van der Waals surface area contributed by atoms with Crippen LogP contribution in [0.3, 0.4) is 0 Å². The molecule has 0 spiro atoms. The highest BCUT2D eigenvalue weighted by Crippen LogP contribution is 2.40. The number of benzene rings is 2. The molecular weight excluding hydrogens is 840 g/mol. The summed E-state index contributed by atoms with van der Waals surface area (Å²) in [6.45, 7) is 12.7. The molecule has 0 radical (unpaired) electrons. The number of methoxy groups -OCH3 is 2. The van der Waals surface area contributed by atoms with Crippen LogP contribution < -0.4 is 4.74 Å². The lowest BCUT2D eigenvalue weighted by Crippen LogP contribution is -2.44. The normalized spacial score (nSPS) is 14.7. The Kier molecular flexibility index (Phi) is 22.9. The molecule has 1 saturated carbocycles. The van der Waals surface area contributed by atoms with Crippen molar-refractivity contribution < 1.29 is 66.3 Å². The monoisotopic (exact) mass is 908 g/mol. The van der Waals surface area contributed by atoms with E-state index < -0.39 is 61.1 Å². The maximum atomic E-state index is 16.4. The molecule has 0 unspecified atom stereocenters. The number of hydrogen-bond acceptors (Lipinski definition) is 13. The van der Waals surface area contributed by atoms with Crippen LogP contribution in [0.1, 0.15) is 134 Å². The van der Waals surface area contributed by atoms with Crippen molar-refractivity contribution in [3.63, 3.8) is 0 Å². The van der Waals surface area contributed by atoms with Gasteiger partial charge in [0.2, 0.25) is 0 Å². The van der Waals surface area contributed by atoms with Crippen LogP contribution in [-0.2, 0) is 70.0 Å². The Morgan fingerprint density at radius 3 is 1.77 bits per heavy atom. The van der Waals surface area contributed by atoms with Gasteiger partial charge in [0.15, 0.2) is 0 Å². The zero-order valence-electron chi connectivity index (χ0n) is 39.3. The van der Waals surface area contributed by atoms with Gasteiger partial charge in [0.1, 0.15) is 43.4 Å². The molecule has 0 aromatic heterocycles. The zero-order valence-corrected chi connectivity index (χ0v) is 39.3. The fourth-order valence-corrected chi connectivity index (χ4v) is 7.61. The molecule has 0 amide bonds. The minimum atomic E-state index is -1.54. The third kappa shape index (κ3) is 18.1. The molecule has 3 rings (SSSR count). The van der Waals surface area contributed by atoms with Crippen molar-refractivity contribution in [3.05, 3.63) is 77.1 Å². The van der Waals surface area contributed by atoms with Crippen LogP contribution in [0.15, 0.2) is 54.6 Å². The molecule has 65 heavy (non-hydrogen) atoms. The molecule has 2 aromatic rings. The van der Waals surface area contributed by atoms with Gasteiger partial charge in [-0.25, -0.2) is 14.0 Å². The van der Waals surface area contributed by atoms with E-state index in [-0.39, 0.29) is 55.9 Å².